The molecular weight excluding hydrogens is 168 g/mol. The SMILES string of the molecule is CC(C)NC(=O)ON(C)C(C)(C)C. The first-order valence-electron chi connectivity index (χ1n) is 4.46. The molecule has 0 saturated heterocycles. The fourth-order valence-corrected chi connectivity index (χ4v) is 0.523. The van der Waals surface area contributed by atoms with E-state index in [1.165, 1.54) is 5.06 Å². The molecule has 0 spiro atoms. The average molecular weight is 188 g/mol. The van der Waals surface area contributed by atoms with E-state index in [1.807, 2.05) is 34.6 Å². The first-order chi connectivity index (χ1) is 5.73. The van der Waals surface area contributed by atoms with Crippen LogP contribution in [0.4, 0.5) is 4.79 Å². The van der Waals surface area contributed by atoms with Gasteiger partial charge in [-0.05, 0) is 34.6 Å². The van der Waals surface area contributed by atoms with E-state index < -0.39 is 6.09 Å². The number of nitrogens with one attached hydrogen (secondary N) is 1. The van der Waals surface area contributed by atoms with Crippen LogP contribution in [0.25, 0.3) is 0 Å². The Balaban J connectivity index is 3.93. The third-order valence-electron chi connectivity index (χ3n) is 1.57. The van der Waals surface area contributed by atoms with Crippen LogP contribution in [0.5, 0.6) is 0 Å². The van der Waals surface area contributed by atoms with Gasteiger partial charge < -0.3 is 10.2 Å². The normalized spacial score (nSPS) is 12.0. The fourth-order valence-electron chi connectivity index (χ4n) is 0.523. The molecule has 1 amide bonds. The highest BCUT2D eigenvalue weighted by Gasteiger charge is 2.21. The Morgan fingerprint density at radius 1 is 1.38 bits per heavy atom. The maximum Gasteiger partial charge on any atom is 0.426 e. The second-order valence-corrected chi connectivity index (χ2v) is 4.35. The molecule has 0 aliphatic rings. The van der Waals surface area contributed by atoms with Crippen LogP contribution >= 0.6 is 0 Å². The second-order valence-electron chi connectivity index (χ2n) is 4.35. The molecule has 0 aromatic rings. The Bertz CT molecular complexity index is 173. The molecule has 1 N–H and O–H groups in total. The van der Waals surface area contributed by atoms with E-state index in [-0.39, 0.29) is 11.6 Å². The number of carbonyl (C=O) groups excluding carboxylic acids is 1. The maximum atomic E-state index is 11.1. The Labute approximate surface area is 80.2 Å². The third-order valence-corrected chi connectivity index (χ3v) is 1.57. The lowest BCUT2D eigenvalue weighted by Crippen LogP contribution is -2.43. The molecule has 0 aromatic heterocycles. The molecule has 0 atom stereocenters. The molecule has 0 rings (SSSR count). The predicted molar refractivity (Wildman–Crippen MR) is 52.3 cm³/mol. The van der Waals surface area contributed by atoms with Crippen LogP contribution in [0.3, 0.4) is 0 Å². The van der Waals surface area contributed by atoms with Crippen LogP contribution in [0.2, 0.25) is 0 Å². The summed E-state index contributed by atoms with van der Waals surface area (Å²) in [5, 5.41) is 4.18. The van der Waals surface area contributed by atoms with Crippen molar-refractivity contribution in [2.24, 2.45) is 0 Å². The quantitative estimate of drug-likeness (QED) is 0.671. The van der Waals surface area contributed by atoms with Crippen molar-refractivity contribution in [3.63, 3.8) is 0 Å². The van der Waals surface area contributed by atoms with E-state index in [0.29, 0.717) is 0 Å². The Morgan fingerprint density at radius 2 is 1.85 bits per heavy atom. The highest BCUT2D eigenvalue weighted by molar-refractivity contribution is 5.67. The smallest absolute Gasteiger partial charge is 0.351 e. The van der Waals surface area contributed by atoms with Crippen molar-refractivity contribution in [2.45, 2.75) is 46.2 Å². The van der Waals surface area contributed by atoms with Crippen LogP contribution in [0, 0.1) is 0 Å². The molecule has 0 bridgehead atoms. The second kappa shape index (κ2) is 4.46. The van der Waals surface area contributed by atoms with Gasteiger partial charge in [-0.1, -0.05) is 0 Å². The summed E-state index contributed by atoms with van der Waals surface area (Å²) < 4.78 is 0. The van der Waals surface area contributed by atoms with Gasteiger partial charge in [0.15, 0.2) is 0 Å². The lowest BCUT2D eigenvalue weighted by Gasteiger charge is -2.29. The van der Waals surface area contributed by atoms with Gasteiger partial charge in [-0.2, -0.15) is 0 Å². The molecule has 0 aliphatic heterocycles. The van der Waals surface area contributed by atoms with Gasteiger partial charge in [0.2, 0.25) is 0 Å². The molecule has 0 radical (unpaired) electrons. The highest BCUT2D eigenvalue weighted by atomic mass is 16.7. The van der Waals surface area contributed by atoms with Crippen molar-refractivity contribution in [3.05, 3.63) is 0 Å². The molecule has 0 unspecified atom stereocenters. The van der Waals surface area contributed by atoms with E-state index in [2.05, 4.69) is 5.32 Å². The zero-order chi connectivity index (χ0) is 10.6. The van der Waals surface area contributed by atoms with E-state index in [0.717, 1.165) is 0 Å². The van der Waals surface area contributed by atoms with Gasteiger partial charge in [0.25, 0.3) is 0 Å². The zero-order valence-electron chi connectivity index (χ0n) is 9.34. The first-order valence-corrected chi connectivity index (χ1v) is 4.46. The summed E-state index contributed by atoms with van der Waals surface area (Å²) in [4.78, 5) is 16.1. The predicted octanol–water partition coefficient (Wildman–Crippen LogP) is 1.77. The molecule has 0 saturated carbocycles. The summed E-state index contributed by atoms with van der Waals surface area (Å²) in [7, 11) is 1.74. The fraction of sp³-hybridized carbons (Fsp3) is 0.889. The molecule has 4 nitrogen and oxygen atoms in total. The number of hydrogen-bond donors (Lipinski definition) is 1. The number of hydrogen-bond acceptors (Lipinski definition) is 3. The Hall–Kier alpha value is -0.770. The molecular formula is C9H20N2O2. The summed E-state index contributed by atoms with van der Waals surface area (Å²) >= 11 is 0. The summed E-state index contributed by atoms with van der Waals surface area (Å²) in [5.41, 5.74) is -0.172. The van der Waals surface area contributed by atoms with Crippen molar-refractivity contribution < 1.29 is 9.63 Å². The molecule has 13 heavy (non-hydrogen) atoms. The van der Waals surface area contributed by atoms with Crippen LogP contribution in [0.1, 0.15) is 34.6 Å². The molecule has 0 fully saturated rings. The van der Waals surface area contributed by atoms with Gasteiger partial charge in [0.05, 0.1) is 0 Å². The maximum absolute atomic E-state index is 11.1. The van der Waals surface area contributed by atoms with E-state index in [1.54, 1.807) is 7.05 Å². The minimum Gasteiger partial charge on any atom is -0.351 e. The summed E-state index contributed by atoms with van der Waals surface area (Å²) in [6, 6.07) is 0.0980. The van der Waals surface area contributed by atoms with Gasteiger partial charge in [0.1, 0.15) is 0 Å². The number of nitrogens with zero attached hydrogens (tertiary/aromatic N) is 1. The molecule has 0 heterocycles. The van der Waals surface area contributed by atoms with Crippen LogP contribution in [0.15, 0.2) is 0 Å². The van der Waals surface area contributed by atoms with E-state index in [9.17, 15) is 4.79 Å². The van der Waals surface area contributed by atoms with Crippen molar-refractivity contribution in [1.82, 2.24) is 10.4 Å². The van der Waals surface area contributed by atoms with Crippen molar-refractivity contribution in [3.8, 4) is 0 Å². The topological polar surface area (TPSA) is 41.6 Å². The van der Waals surface area contributed by atoms with Crippen molar-refractivity contribution in [1.29, 1.82) is 0 Å². The third kappa shape index (κ3) is 5.47. The lowest BCUT2D eigenvalue weighted by atomic mass is 10.1. The largest absolute Gasteiger partial charge is 0.426 e. The number of amides is 1. The van der Waals surface area contributed by atoms with Crippen molar-refractivity contribution >= 4 is 6.09 Å². The average Bonchev–Trinajstić information content (AvgIpc) is 1.82. The van der Waals surface area contributed by atoms with Crippen LogP contribution in [-0.4, -0.2) is 29.8 Å². The van der Waals surface area contributed by atoms with Gasteiger partial charge in [-0.3, -0.25) is 0 Å². The summed E-state index contributed by atoms with van der Waals surface area (Å²) in [5.74, 6) is 0. The minimum atomic E-state index is -0.410. The number of carbonyl (C=O) groups is 1. The standard InChI is InChI=1S/C9H20N2O2/c1-7(2)10-8(12)13-11(6)9(3,4)5/h7H,1-6H3,(H,10,12). The molecule has 0 aromatic carbocycles. The van der Waals surface area contributed by atoms with Crippen molar-refractivity contribution in [2.75, 3.05) is 7.05 Å². The zero-order valence-corrected chi connectivity index (χ0v) is 9.34. The Kier molecular flexibility index (Phi) is 4.20. The highest BCUT2D eigenvalue weighted by Crippen LogP contribution is 2.10. The summed E-state index contributed by atoms with van der Waals surface area (Å²) in [6.45, 7) is 9.68. The Morgan fingerprint density at radius 3 is 2.15 bits per heavy atom. The number of rotatable bonds is 2. The first kappa shape index (κ1) is 12.2. The summed E-state index contributed by atoms with van der Waals surface area (Å²) in [6.07, 6.45) is -0.410. The van der Waals surface area contributed by atoms with E-state index in [4.69, 9.17) is 4.84 Å². The molecule has 0 aliphatic carbocycles. The lowest BCUT2D eigenvalue weighted by molar-refractivity contribution is -0.137. The van der Waals surface area contributed by atoms with Gasteiger partial charge in [-0.15, -0.1) is 5.06 Å². The monoisotopic (exact) mass is 188 g/mol. The van der Waals surface area contributed by atoms with Gasteiger partial charge >= 0.3 is 6.09 Å². The molecule has 4 heteroatoms. The number of hydroxylamine groups is 2. The van der Waals surface area contributed by atoms with Gasteiger partial charge in [-0.25, -0.2) is 4.79 Å². The minimum absolute atomic E-state index is 0.0980. The van der Waals surface area contributed by atoms with Gasteiger partial charge in [0, 0.05) is 18.6 Å². The van der Waals surface area contributed by atoms with Crippen LogP contribution < -0.4 is 5.32 Å². The molecule has 78 valence electrons. The van der Waals surface area contributed by atoms with Crippen LogP contribution in [-0.2, 0) is 4.84 Å². The van der Waals surface area contributed by atoms with E-state index >= 15 is 0 Å².